The smallest absolute Gasteiger partial charge is 0.316 e. The van der Waals surface area contributed by atoms with Crippen molar-refractivity contribution in [3.05, 3.63) is 29.8 Å². The van der Waals surface area contributed by atoms with Crippen LogP contribution < -0.4 is 4.90 Å². The van der Waals surface area contributed by atoms with Crippen molar-refractivity contribution in [2.24, 2.45) is 4.99 Å². The molecule has 10 heteroatoms. The highest BCUT2D eigenvalue weighted by Crippen LogP contribution is 2.42. The van der Waals surface area contributed by atoms with E-state index in [1.165, 1.54) is 24.0 Å². The van der Waals surface area contributed by atoms with E-state index in [2.05, 4.69) is 4.99 Å². The lowest BCUT2D eigenvalue weighted by molar-refractivity contribution is -0.137. The van der Waals surface area contributed by atoms with Gasteiger partial charge in [-0.1, -0.05) is 17.8 Å². The molecule has 0 radical (unpaired) electrons. The van der Waals surface area contributed by atoms with Crippen LogP contribution in [0.25, 0.3) is 0 Å². The van der Waals surface area contributed by atoms with E-state index in [1.54, 1.807) is 0 Å². The summed E-state index contributed by atoms with van der Waals surface area (Å²) < 4.78 is 62.5. The van der Waals surface area contributed by atoms with Crippen LogP contribution in [0.3, 0.4) is 0 Å². The van der Waals surface area contributed by atoms with Gasteiger partial charge in [0.05, 0.1) is 23.1 Å². The summed E-state index contributed by atoms with van der Waals surface area (Å²) in [7, 11) is -3.26. The second-order valence-corrected chi connectivity index (χ2v) is 8.99. The van der Waals surface area contributed by atoms with Crippen molar-refractivity contribution in [3.63, 3.8) is 0 Å². The molecule has 2 heterocycles. The Morgan fingerprint density at radius 2 is 2.04 bits per heavy atom. The number of hydrogen-bond acceptors (Lipinski definition) is 4. The number of anilines is 1. The van der Waals surface area contributed by atoms with Crippen molar-refractivity contribution in [3.8, 4) is 0 Å². The van der Waals surface area contributed by atoms with Crippen molar-refractivity contribution in [2.45, 2.75) is 24.4 Å². The molecule has 0 aliphatic carbocycles. The number of sulfone groups is 1. The molecule has 2 atom stereocenters. The molecular formula is C14H13F3N2O3S2. The molecule has 0 bridgehead atoms. The monoisotopic (exact) mass is 378 g/mol. The number of amides is 1. The molecule has 2 aliphatic heterocycles. The second-order valence-electron chi connectivity index (χ2n) is 5.63. The number of benzene rings is 1. The minimum absolute atomic E-state index is 0.0747. The normalized spacial score (nSPS) is 27.5. The summed E-state index contributed by atoms with van der Waals surface area (Å²) in [5.74, 6) is -0.732. The maximum Gasteiger partial charge on any atom is 0.416 e. The van der Waals surface area contributed by atoms with Crippen LogP contribution in [0.5, 0.6) is 0 Å². The molecule has 0 aromatic heterocycles. The van der Waals surface area contributed by atoms with Crippen molar-refractivity contribution >= 4 is 38.4 Å². The SMILES string of the molecule is CC(=O)N=C1SC2CS(=O)(=O)CC2N1c1cccc(C(F)(F)F)c1. The molecule has 2 fully saturated rings. The fourth-order valence-electron chi connectivity index (χ4n) is 2.83. The van der Waals surface area contributed by atoms with E-state index in [4.69, 9.17) is 0 Å². The summed E-state index contributed by atoms with van der Waals surface area (Å²) in [4.78, 5) is 16.6. The van der Waals surface area contributed by atoms with Crippen molar-refractivity contribution in [1.29, 1.82) is 0 Å². The topological polar surface area (TPSA) is 66.8 Å². The van der Waals surface area contributed by atoms with Crippen LogP contribution in [0.4, 0.5) is 18.9 Å². The molecule has 3 rings (SSSR count). The Labute approximate surface area is 140 Å². The Morgan fingerprint density at radius 1 is 1.33 bits per heavy atom. The molecule has 1 amide bonds. The summed E-state index contributed by atoms with van der Waals surface area (Å²) in [5, 5.41) is -0.102. The number of halogens is 3. The predicted molar refractivity (Wildman–Crippen MR) is 85.9 cm³/mol. The Balaban J connectivity index is 2.06. The third kappa shape index (κ3) is 3.30. The first-order valence-corrected chi connectivity index (χ1v) is 9.70. The Morgan fingerprint density at radius 3 is 2.67 bits per heavy atom. The van der Waals surface area contributed by atoms with Crippen LogP contribution in [-0.2, 0) is 20.8 Å². The molecule has 2 saturated heterocycles. The van der Waals surface area contributed by atoms with Gasteiger partial charge in [-0.3, -0.25) is 4.79 Å². The molecule has 1 aromatic rings. The molecule has 2 aliphatic rings. The largest absolute Gasteiger partial charge is 0.416 e. The van der Waals surface area contributed by atoms with Crippen LogP contribution in [0.1, 0.15) is 12.5 Å². The average Bonchev–Trinajstić information content (AvgIpc) is 2.88. The fraction of sp³-hybridized carbons (Fsp3) is 0.429. The predicted octanol–water partition coefficient (Wildman–Crippen LogP) is 2.33. The lowest BCUT2D eigenvalue weighted by atomic mass is 10.1. The van der Waals surface area contributed by atoms with Crippen LogP contribution in [0.2, 0.25) is 0 Å². The Kier molecular flexibility index (Phi) is 4.15. The highest BCUT2D eigenvalue weighted by molar-refractivity contribution is 8.16. The number of rotatable bonds is 1. The molecule has 0 spiro atoms. The lowest BCUT2D eigenvalue weighted by Gasteiger charge is -2.25. The van der Waals surface area contributed by atoms with Gasteiger partial charge in [0, 0.05) is 17.9 Å². The molecule has 130 valence electrons. The van der Waals surface area contributed by atoms with E-state index in [0.29, 0.717) is 0 Å². The van der Waals surface area contributed by atoms with Gasteiger partial charge in [-0.15, -0.1) is 0 Å². The van der Waals surface area contributed by atoms with Crippen LogP contribution in [0, 0.1) is 0 Å². The number of nitrogens with zero attached hydrogens (tertiary/aromatic N) is 2. The van der Waals surface area contributed by atoms with E-state index in [0.717, 1.165) is 23.9 Å². The number of amidine groups is 1. The van der Waals surface area contributed by atoms with Crippen LogP contribution in [-0.4, -0.2) is 42.3 Å². The summed E-state index contributed by atoms with van der Waals surface area (Å²) in [6.07, 6.45) is -4.51. The first kappa shape index (κ1) is 17.3. The molecule has 24 heavy (non-hydrogen) atoms. The third-order valence-corrected chi connectivity index (χ3v) is 6.98. The zero-order valence-corrected chi connectivity index (χ0v) is 14.1. The first-order chi connectivity index (χ1) is 11.1. The standard InChI is InChI=1S/C14H13F3N2O3S2/c1-8(20)18-13-19(11-6-24(21,22)7-12(11)23-13)10-4-2-3-9(5-10)14(15,16)17/h2-5,11-12H,6-7H2,1H3. The zero-order valence-electron chi connectivity index (χ0n) is 12.4. The number of carbonyl (C=O) groups is 1. The molecule has 2 unspecified atom stereocenters. The van der Waals surface area contributed by atoms with Gasteiger partial charge in [0.15, 0.2) is 15.0 Å². The van der Waals surface area contributed by atoms with E-state index in [1.807, 2.05) is 0 Å². The van der Waals surface area contributed by atoms with Gasteiger partial charge in [-0.25, -0.2) is 8.42 Å². The van der Waals surface area contributed by atoms with Gasteiger partial charge in [-0.2, -0.15) is 18.2 Å². The maximum absolute atomic E-state index is 12.9. The van der Waals surface area contributed by atoms with E-state index in [9.17, 15) is 26.4 Å². The van der Waals surface area contributed by atoms with E-state index in [-0.39, 0.29) is 27.6 Å². The summed E-state index contributed by atoms with van der Waals surface area (Å²) >= 11 is 1.12. The third-order valence-electron chi connectivity index (χ3n) is 3.77. The summed E-state index contributed by atoms with van der Waals surface area (Å²) in [6.45, 7) is 1.24. The number of thioether (sulfide) groups is 1. The van der Waals surface area contributed by atoms with Gasteiger partial charge >= 0.3 is 6.18 Å². The van der Waals surface area contributed by atoms with Gasteiger partial charge < -0.3 is 4.90 Å². The van der Waals surface area contributed by atoms with Gasteiger partial charge in [0.1, 0.15) is 0 Å². The quantitative estimate of drug-likeness (QED) is 0.750. The lowest BCUT2D eigenvalue weighted by Crippen LogP contribution is -2.37. The first-order valence-electron chi connectivity index (χ1n) is 7.00. The molecule has 5 nitrogen and oxygen atoms in total. The highest BCUT2D eigenvalue weighted by Gasteiger charge is 2.49. The van der Waals surface area contributed by atoms with E-state index >= 15 is 0 Å². The highest BCUT2D eigenvalue weighted by atomic mass is 32.2. The van der Waals surface area contributed by atoms with Crippen LogP contribution in [0.15, 0.2) is 29.3 Å². The summed E-state index contributed by atoms with van der Waals surface area (Å²) in [6, 6.07) is 4.08. The number of aliphatic imine (C=N–C) groups is 1. The zero-order chi connectivity index (χ0) is 17.7. The number of fused-ring (bicyclic) bond motifs is 1. The van der Waals surface area contributed by atoms with Gasteiger partial charge in [0.2, 0.25) is 5.91 Å². The molecule has 0 N–H and O–H groups in total. The fourth-order valence-corrected chi connectivity index (χ4v) is 6.79. The minimum atomic E-state index is -4.51. The molecule has 0 saturated carbocycles. The van der Waals surface area contributed by atoms with E-state index < -0.39 is 33.5 Å². The summed E-state index contributed by atoms with van der Waals surface area (Å²) in [5.41, 5.74) is -0.654. The Hall–Kier alpha value is -1.55. The number of hydrogen-bond donors (Lipinski definition) is 0. The van der Waals surface area contributed by atoms with Gasteiger partial charge in [-0.05, 0) is 18.2 Å². The average molecular weight is 378 g/mol. The van der Waals surface area contributed by atoms with Crippen molar-refractivity contribution in [2.75, 3.05) is 16.4 Å². The Bertz CT molecular complexity index is 821. The maximum atomic E-state index is 12.9. The number of alkyl halides is 3. The second kappa shape index (κ2) is 5.76. The minimum Gasteiger partial charge on any atom is -0.316 e. The van der Waals surface area contributed by atoms with Crippen molar-refractivity contribution in [1.82, 2.24) is 0 Å². The van der Waals surface area contributed by atoms with Crippen molar-refractivity contribution < 1.29 is 26.4 Å². The molecule has 1 aromatic carbocycles. The van der Waals surface area contributed by atoms with Gasteiger partial charge in [0.25, 0.3) is 0 Å². The van der Waals surface area contributed by atoms with Crippen LogP contribution >= 0.6 is 11.8 Å². The molecular weight excluding hydrogens is 365 g/mol. The number of carbonyl (C=O) groups excluding carboxylic acids is 1.